The van der Waals surface area contributed by atoms with Gasteiger partial charge in [-0.2, -0.15) is 0 Å². The Morgan fingerprint density at radius 1 is 1.27 bits per heavy atom. The molecule has 1 heterocycles. The molecule has 1 aromatic heterocycles. The Hall–Kier alpha value is -1.83. The van der Waals surface area contributed by atoms with Crippen LogP contribution >= 0.6 is 11.3 Å². The molecule has 0 aliphatic rings. The molecule has 1 aromatic rings. The first-order chi connectivity index (χ1) is 12.1. The van der Waals surface area contributed by atoms with Crippen LogP contribution in [0.4, 0.5) is 4.79 Å². The fourth-order valence-electron chi connectivity index (χ4n) is 2.37. The van der Waals surface area contributed by atoms with Crippen molar-refractivity contribution in [3.63, 3.8) is 0 Å². The molecule has 8 heteroatoms. The molecule has 0 unspecified atom stereocenters. The number of aryl methyl sites for hydroxylation is 1. The summed E-state index contributed by atoms with van der Waals surface area (Å²) >= 11 is 1.66. The average molecular weight is 384 g/mol. The summed E-state index contributed by atoms with van der Waals surface area (Å²) in [4.78, 5) is 21.9. The zero-order valence-electron chi connectivity index (χ0n) is 17.0. The molecule has 0 saturated heterocycles. The zero-order valence-corrected chi connectivity index (χ0v) is 17.8. The van der Waals surface area contributed by atoms with Crippen molar-refractivity contribution in [2.75, 3.05) is 13.6 Å². The van der Waals surface area contributed by atoms with Crippen LogP contribution in [0.3, 0.4) is 0 Å². The number of carbonyl (C=O) groups is 1. The van der Waals surface area contributed by atoms with E-state index in [9.17, 15) is 4.79 Å². The Morgan fingerprint density at radius 3 is 2.38 bits per heavy atom. The molecule has 3 N–H and O–H groups in total. The largest absolute Gasteiger partial charge is 0.444 e. The van der Waals surface area contributed by atoms with Gasteiger partial charge in [0.25, 0.3) is 0 Å². The Bertz CT molecular complexity index is 603. The number of carbonyl (C=O) groups excluding carboxylic acids is 1. The Labute approximate surface area is 161 Å². The van der Waals surface area contributed by atoms with Gasteiger partial charge in [0.2, 0.25) is 0 Å². The van der Waals surface area contributed by atoms with E-state index in [1.165, 1.54) is 0 Å². The first kappa shape index (κ1) is 22.2. The molecule has 0 aliphatic carbocycles. The number of amides is 1. The highest BCUT2D eigenvalue weighted by atomic mass is 32.1. The van der Waals surface area contributed by atoms with Gasteiger partial charge in [0, 0.05) is 24.7 Å². The predicted octanol–water partition coefficient (Wildman–Crippen LogP) is 3.20. The lowest BCUT2D eigenvalue weighted by Gasteiger charge is -2.34. The molecule has 148 valence electrons. The molecule has 0 fully saturated rings. The minimum absolute atomic E-state index is 0.397. The molecule has 0 radical (unpaired) electrons. The van der Waals surface area contributed by atoms with E-state index < -0.39 is 17.2 Å². The van der Waals surface area contributed by atoms with Crippen molar-refractivity contribution in [1.29, 1.82) is 0 Å². The summed E-state index contributed by atoms with van der Waals surface area (Å²) in [7, 11) is 1.73. The Morgan fingerprint density at radius 2 is 1.92 bits per heavy atom. The highest BCUT2D eigenvalue weighted by Gasteiger charge is 2.30. The van der Waals surface area contributed by atoms with Gasteiger partial charge in [-0.25, -0.2) is 9.78 Å². The van der Waals surface area contributed by atoms with E-state index in [1.54, 1.807) is 18.4 Å². The van der Waals surface area contributed by atoms with Crippen LogP contribution in [0.15, 0.2) is 11.2 Å². The number of hydrogen-bond donors (Lipinski definition) is 3. The maximum atomic E-state index is 12.2. The third-order valence-electron chi connectivity index (χ3n) is 4.04. The molecular weight excluding hydrogens is 350 g/mol. The van der Waals surface area contributed by atoms with Crippen LogP contribution in [0, 0.1) is 6.92 Å². The highest BCUT2D eigenvalue weighted by molar-refractivity contribution is 7.11. The van der Waals surface area contributed by atoms with Crippen molar-refractivity contribution in [2.24, 2.45) is 4.99 Å². The van der Waals surface area contributed by atoms with E-state index in [0.717, 1.165) is 22.7 Å². The van der Waals surface area contributed by atoms with Crippen molar-refractivity contribution in [3.05, 3.63) is 16.1 Å². The molecular formula is C18H33N5O2S. The molecule has 7 nitrogen and oxygen atoms in total. The van der Waals surface area contributed by atoms with E-state index >= 15 is 0 Å². The monoisotopic (exact) mass is 383 g/mol. The Balaban J connectivity index is 2.62. The maximum absolute atomic E-state index is 12.2. The molecule has 0 spiro atoms. The summed E-state index contributed by atoms with van der Waals surface area (Å²) in [5, 5.41) is 10.7. The number of nitrogens with one attached hydrogen (secondary N) is 3. The summed E-state index contributed by atoms with van der Waals surface area (Å²) in [6.45, 7) is 12.9. The van der Waals surface area contributed by atoms with Crippen LogP contribution in [-0.2, 0) is 11.3 Å². The SMILES string of the molecule is CCC(CC)(CNC(=NC)NCc1cnc(C)s1)NC(=O)OC(C)(C)C. The quantitative estimate of drug-likeness (QED) is 0.497. The van der Waals surface area contributed by atoms with Crippen LogP contribution < -0.4 is 16.0 Å². The van der Waals surface area contributed by atoms with Gasteiger partial charge in [-0.15, -0.1) is 11.3 Å². The molecule has 0 aromatic carbocycles. The van der Waals surface area contributed by atoms with Gasteiger partial charge in [-0.1, -0.05) is 13.8 Å². The van der Waals surface area contributed by atoms with Crippen molar-refractivity contribution in [3.8, 4) is 0 Å². The van der Waals surface area contributed by atoms with Gasteiger partial charge in [-0.05, 0) is 40.5 Å². The molecule has 0 aliphatic heterocycles. The first-order valence-corrected chi connectivity index (χ1v) is 9.81. The summed E-state index contributed by atoms with van der Waals surface area (Å²) in [6, 6.07) is 0. The number of hydrogen-bond acceptors (Lipinski definition) is 5. The summed E-state index contributed by atoms with van der Waals surface area (Å²) < 4.78 is 5.41. The van der Waals surface area contributed by atoms with Crippen LogP contribution in [0.1, 0.15) is 57.3 Å². The first-order valence-electron chi connectivity index (χ1n) is 9.00. The minimum atomic E-state index is -0.519. The molecule has 0 saturated carbocycles. The molecule has 0 atom stereocenters. The molecule has 0 bridgehead atoms. The summed E-state index contributed by atoms with van der Waals surface area (Å²) in [6.07, 6.45) is 3.03. The molecule has 1 amide bonds. The van der Waals surface area contributed by atoms with Crippen molar-refractivity contribution in [1.82, 2.24) is 20.9 Å². The second-order valence-electron chi connectivity index (χ2n) is 7.24. The summed E-state index contributed by atoms with van der Waals surface area (Å²) in [5.41, 5.74) is -0.920. The van der Waals surface area contributed by atoms with Gasteiger partial charge in [0.05, 0.1) is 17.1 Å². The maximum Gasteiger partial charge on any atom is 0.408 e. The number of rotatable bonds is 7. The predicted molar refractivity (Wildman–Crippen MR) is 108 cm³/mol. The highest BCUT2D eigenvalue weighted by Crippen LogP contribution is 2.16. The zero-order chi connectivity index (χ0) is 19.8. The topological polar surface area (TPSA) is 87.6 Å². The number of guanidine groups is 1. The standard InChI is InChI=1S/C18H33N5O2S/c1-8-18(9-2,23-16(24)25-17(4,5)6)12-22-15(19-7)21-11-14-10-20-13(3)26-14/h10H,8-9,11-12H2,1-7H3,(H,23,24)(H2,19,21,22). The second-order valence-corrected chi connectivity index (χ2v) is 8.56. The number of thiazole rings is 1. The fraction of sp³-hybridized carbons (Fsp3) is 0.722. The van der Waals surface area contributed by atoms with E-state index in [-0.39, 0.29) is 0 Å². The lowest BCUT2D eigenvalue weighted by atomic mass is 9.93. The van der Waals surface area contributed by atoms with Crippen molar-refractivity contribution in [2.45, 2.75) is 72.1 Å². The molecule has 26 heavy (non-hydrogen) atoms. The lowest BCUT2D eigenvalue weighted by molar-refractivity contribution is 0.0448. The summed E-state index contributed by atoms with van der Waals surface area (Å²) in [5.74, 6) is 0.688. The van der Waals surface area contributed by atoms with Crippen LogP contribution in [-0.4, -0.2) is 41.8 Å². The number of aromatic nitrogens is 1. The Kier molecular flexibility index (Phi) is 8.33. The van der Waals surface area contributed by atoms with Crippen LogP contribution in [0.25, 0.3) is 0 Å². The number of nitrogens with zero attached hydrogens (tertiary/aromatic N) is 2. The van der Waals surface area contributed by atoms with Gasteiger partial charge in [-0.3, -0.25) is 4.99 Å². The lowest BCUT2D eigenvalue weighted by Crippen LogP contribution is -2.57. The van der Waals surface area contributed by atoms with E-state index in [2.05, 4.69) is 39.8 Å². The second kappa shape index (κ2) is 9.75. The van der Waals surface area contributed by atoms with Gasteiger partial charge < -0.3 is 20.7 Å². The number of alkyl carbamates (subject to hydrolysis) is 1. The smallest absolute Gasteiger partial charge is 0.408 e. The third kappa shape index (κ3) is 7.59. The van der Waals surface area contributed by atoms with E-state index in [0.29, 0.717) is 19.0 Å². The van der Waals surface area contributed by atoms with Gasteiger partial charge in [0.1, 0.15) is 5.60 Å². The van der Waals surface area contributed by atoms with Crippen LogP contribution in [0.2, 0.25) is 0 Å². The minimum Gasteiger partial charge on any atom is -0.444 e. The van der Waals surface area contributed by atoms with Crippen molar-refractivity contribution >= 4 is 23.4 Å². The van der Waals surface area contributed by atoms with Gasteiger partial charge >= 0.3 is 6.09 Å². The molecule has 1 rings (SSSR count). The fourth-order valence-corrected chi connectivity index (χ4v) is 3.11. The van der Waals surface area contributed by atoms with Crippen LogP contribution in [0.5, 0.6) is 0 Å². The van der Waals surface area contributed by atoms with Gasteiger partial charge in [0.15, 0.2) is 5.96 Å². The number of aliphatic imine (C=N–C) groups is 1. The number of ether oxygens (including phenoxy) is 1. The average Bonchev–Trinajstić information content (AvgIpc) is 2.97. The third-order valence-corrected chi connectivity index (χ3v) is 4.95. The normalized spacial score (nSPS) is 12.7. The van der Waals surface area contributed by atoms with E-state index in [4.69, 9.17) is 4.74 Å². The van der Waals surface area contributed by atoms with E-state index in [1.807, 2.05) is 33.9 Å². The van der Waals surface area contributed by atoms with Crippen molar-refractivity contribution < 1.29 is 9.53 Å².